The molecule has 0 aliphatic carbocycles. The zero-order valence-electron chi connectivity index (χ0n) is 10.7. The van der Waals surface area contributed by atoms with Crippen LogP contribution < -0.4 is 0 Å². The van der Waals surface area contributed by atoms with Crippen molar-refractivity contribution in [1.29, 1.82) is 0 Å². The summed E-state index contributed by atoms with van der Waals surface area (Å²) in [7, 11) is 0. The van der Waals surface area contributed by atoms with E-state index in [1.54, 1.807) is 18.2 Å². The Hall–Kier alpha value is -1.80. The summed E-state index contributed by atoms with van der Waals surface area (Å²) < 4.78 is 5.47. The van der Waals surface area contributed by atoms with E-state index < -0.39 is 0 Å². The van der Waals surface area contributed by atoms with Crippen molar-refractivity contribution in [1.82, 2.24) is 0 Å². The van der Waals surface area contributed by atoms with E-state index in [1.165, 1.54) is 0 Å². The minimum absolute atomic E-state index is 0.305. The maximum Gasteiger partial charge on any atom is 0.119 e. The van der Waals surface area contributed by atoms with Gasteiger partial charge in [-0.2, -0.15) is 0 Å². The highest BCUT2D eigenvalue weighted by atomic mass is 16.5. The van der Waals surface area contributed by atoms with Crippen LogP contribution >= 0.6 is 0 Å². The molecule has 2 heteroatoms. The van der Waals surface area contributed by atoms with Crippen LogP contribution in [0.5, 0.6) is 5.75 Å². The third-order valence-corrected chi connectivity index (χ3v) is 2.69. The Kier molecular flexibility index (Phi) is 5.95. The average Bonchev–Trinajstić information content (AvgIpc) is 2.37. The van der Waals surface area contributed by atoms with Gasteiger partial charge in [0.25, 0.3) is 0 Å². The van der Waals surface area contributed by atoms with Crippen LogP contribution in [0.3, 0.4) is 0 Å². The number of hydrogen-bond acceptors (Lipinski definition) is 2. The van der Waals surface area contributed by atoms with Gasteiger partial charge >= 0.3 is 0 Å². The molecule has 1 N–H and O–H groups in total. The van der Waals surface area contributed by atoms with Gasteiger partial charge in [-0.3, -0.25) is 0 Å². The highest BCUT2D eigenvalue weighted by molar-refractivity contribution is 5.46. The molecule has 0 aliphatic heterocycles. The predicted molar refractivity (Wildman–Crippen MR) is 75.8 cm³/mol. The van der Waals surface area contributed by atoms with Gasteiger partial charge in [-0.1, -0.05) is 24.3 Å². The summed E-state index contributed by atoms with van der Waals surface area (Å²) in [4.78, 5) is 0. The smallest absolute Gasteiger partial charge is 0.119 e. The molecule has 1 aromatic rings. The molecule has 1 rings (SSSR count). The highest BCUT2D eigenvalue weighted by Crippen LogP contribution is 2.27. The lowest BCUT2D eigenvalue weighted by molar-refractivity contribution is 0.148. The van der Waals surface area contributed by atoms with Crippen LogP contribution in [0.4, 0.5) is 0 Å². The number of phenolic OH excluding ortho intramolecular Hbond substituents is 1. The van der Waals surface area contributed by atoms with Crippen LogP contribution in [0, 0.1) is 0 Å². The van der Waals surface area contributed by atoms with Gasteiger partial charge in [0.05, 0.1) is 13.2 Å². The summed E-state index contributed by atoms with van der Waals surface area (Å²) in [6, 6.07) is 3.60. The maximum absolute atomic E-state index is 9.91. The minimum atomic E-state index is 0.305. The van der Waals surface area contributed by atoms with Crippen LogP contribution in [0.2, 0.25) is 0 Å². The predicted octanol–water partition coefficient (Wildman–Crippen LogP) is 3.55. The molecule has 2 nitrogen and oxygen atoms in total. The number of aromatic hydroxyl groups is 1. The second-order valence-corrected chi connectivity index (χ2v) is 3.99. The second kappa shape index (κ2) is 7.51. The van der Waals surface area contributed by atoms with Crippen LogP contribution in [0.1, 0.15) is 16.7 Å². The van der Waals surface area contributed by atoms with E-state index in [1.807, 2.05) is 12.1 Å². The van der Waals surface area contributed by atoms with Crippen LogP contribution in [0.15, 0.2) is 50.1 Å². The van der Waals surface area contributed by atoms with Crippen molar-refractivity contribution in [3.63, 3.8) is 0 Å². The molecule has 0 heterocycles. The minimum Gasteiger partial charge on any atom is -0.508 e. The molecular weight excluding hydrogens is 224 g/mol. The van der Waals surface area contributed by atoms with Crippen LogP contribution in [-0.2, 0) is 24.2 Å². The quantitative estimate of drug-likeness (QED) is 0.559. The van der Waals surface area contributed by atoms with Gasteiger partial charge in [0.15, 0.2) is 0 Å². The second-order valence-electron chi connectivity index (χ2n) is 3.99. The third kappa shape index (κ3) is 3.60. The summed E-state index contributed by atoms with van der Waals surface area (Å²) in [5.41, 5.74) is 3.06. The average molecular weight is 244 g/mol. The number of ether oxygens (including phenoxy) is 1. The standard InChI is InChI=1S/C16H20O2/c1-4-7-14-13(12-18-11-6-3)9-10-16(17)15(14)8-5-2/h4-6,9-10,17H,1-3,7-8,11-12H2. The van der Waals surface area contributed by atoms with Crippen molar-refractivity contribution >= 4 is 0 Å². The lowest BCUT2D eigenvalue weighted by atomic mass is 9.95. The fourth-order valence-corrected chi connectivity index (χ4v) is 1.89. The molecular formula is C16H20O2. The number of rotatable bonds is 8. The molecule has 0 spiro atoms. The Bertz CT molecular complexity index is 433. The van der Waals surface area contributed by atoms with Gasteiger partial charge in [0, 0.05) is 5.56 Å². The number of hydrogen-bond donors (Lipinski definition) is 1. The molecule has 0 radical (unpaired) electrons. The van der Waals surface area contributed by atoms with Crippen molar-refractivity contribution in [2.24, 2.45) is 0 Å². The van der Waals surface area contributed by atoms with Crippen molar-refractivity contribution in [3.05, 3.63) is 66.8 Å². The summed E-state index contributed by atoms with van der Waals surface area (Å²) in [5, 5.41) is 9.91. The van der Waals surface area contributed by atoms with Gasteiger partial charge in [-0.15, -0.1) is 19.7 Å². The largest absolute Gasteiger partial charge is 0.508 e. The van der Waals surface area contributed by atoms with E-state index in [4.69, 9.17) is 4.74 Å². The monoisotopic (exact) mass is 244 g/mol. The Morgan fingerprint density at radius 2 is 1.67 bits per heavy atom. The molecule has 0 saturated carbocycles. The fourth-order valence-electron chi connectivity index (χ4n) is 1.89. The summed E-state index contributed by atoms with van der Waals surface area (Å²) >= 11 is 0. The molecule has 0 amide bonds. The van der Waals surface area contributed by atoms with Crippen molar-refractivity contribution in [3.8, 4) is 5.75 Å². The fraction of sp³-hybridized carbons (Fsp3) is 0.250. The Labute approximate surface area is 109 Å². The van der Waals surface area contributed by atoms with Gasteiger partial charge in [0.1, 0.15) is 5.75 Å². The maximum atomic E-state index is 9.91. The first-order valence-corrected chi connectivity index (χ1v) is 5.97. The molecule has 96 valence electrons. The van der Waals surface area contributed by atoms with Crippen molar-refractivity contribution in [2.45, 2.75) is 19.4 Å². The summed E-state index contributed by atoms with van der Waals surface area (Å²) in [6.07, 6.45) is 6.70. The molecule has 0 saturated heterocycles. The summed E-state index contributed by atoms with van der Waals surface area (Å²) in [5.74, 6) is 0.305. The van der Waals surface area contributed by atoms with Crippen molar-refractivity contribution < 1.29 is 9.84 Å². The highest BCUT2D eigenvalue weighted by Gasteiger charge is 2.10. The van der Waals surface area contributed by atoms with E-state index in [2.05, 4.69) is 19.7 Å². The van der Waals surface area contributed by atoms with E-state index in [0.29, 0.717) is 31.8 Å². The molecule has 0 bridgehead atoms. The van der Waals surface area contributed by atoms with E-state index >= 15 is 0 Å². The number of benzene rings is 1. The SMILES string of the molecule is C=CCOCc1ccc(O)c(CC=C)c1CC=C. The van der Waals surface area contributed by atoms with Crippen LogP contribution in [-0.4, -0.2) is 11.7 Å². The molecule has 0 unspecified atom stereocenters. The molecule has 0 fully saturated rings. The van der Waals surface area contributed by atoms with E-state index in [0.717, 1.165) is 16.7 Å². The normalized spacial score (nSPS) is 10.0. The first-order chi connectivity index (χ1) is 8.74. The Morgan fingerprint density at radius 3 is 2.28 bits per heavy atom. The zero-order valence-corrected chi connectivity index (χ0v) is 10.7. The zero-order chi connectivity index (χ0) is 13.4. The Morgan fingerprint density at radius 1 is 1.00 bits per heavy atom. The number of phenols is 1. The van der Waals surface area contributed by atoms with Gasteiger partial charge in [-0.25, -0.2) is 0 Å². The lowest BCUT2D eigenvalue weighted by Gasteiger charge is -2.14. The molecule has 0 aromatic heterocycles. The molecule has 0 aliphatic rings. The Balaban J connectivity index is 3.07. The van der Waals surface area contributed by atoms with Crippen molar-refractivity contribution in [2.75, 3.05) is 6.61 Å². The number of allylic oxidation sites excluding steroid dienone is 2. The van der Waals surface area contributed by atoms with E-state index in [9.17, 15) is 5.11 Å². The lowest BCUT2D eigenvalue weighted by Crippen LogP contribution is -2.02. The molecule has 1 aromatic carbocycles. The van der Waals surface area contributed by atoms with Crippen LogP contribution in [0.25, 0.3) is 0 Å². The first kappa shape index (κ1) is 14.3. The molecule has 0 atom stereocenters. The topological polar surface area (TPSA) is 29.5 Å². The van der Waals surface area contributed by atoms with Gasteiger partial charge < -0.3 is 9.84 Å². The van der Waals surface area contributed by atoms with E-state index in [-0.39, 0.29) is 0 Å². The first-order valence-electron chi connectivity index (χ1n) is 5.97. The van der Waals surface area contributed by atoms with Gasteiger partial charge in [0.2, 0.25) is 0 Å². The van der Waals surface area contributed by atoms with Gasteiger partial charge in [-0.05, 0) is 30.0 Å². The third-order valence-electron chi connectivity index (χ3n) is 2.69. The molecule has 18 heavy (non-hydrogen) atoms. The summed E-state index contributed by atoms with van der Waals surface area (Å²) in [6.45, 7) is 12.1.